The minimum atomic E-state index is -0.0952. The molecular formula is C14H21FN2. The van der Waals surface area contributed by atoms with Crippen molar-refractivity contribution in [1.82, 2.24) is 5.32 Å². The Morgan fingerprint density at radius 3 is 3.00 bits per heavy atom. The van der Waals surface area contributed by atoms with E-state index < -0.39 is 0 Å². The number of anilines is 1. The second-order valence-corrected chi connectivity index (χ2v) is 4.84. The zero-order valence-electron chi connectivity index (χ0n) is 10.7. The number of rotatable bonds is 3. The molecule has 1 fully saturated rings. The van der Waals surface area contributed by atoms with Gasteiger partial charge in [0.1, 0.15) is 5.82 Å². The Labute approximate surface area is 103 Å². The monoisotopic (exact) mass is 236 g/mol. The van der Waals surface area contributed by atoms with Crippen molar-refractivity contribution in [1.29, 1.82) is 0 Å². The Hall–Kier alpha value is -1.09. The van der Waals surface area contributed by atoms with E-state index in [0.29, 0.717) is 6.04 Å². The average molecular weight is 236 g/mol. The van der Waals surface area contributed by atoms with Gasteiger partial charge in [0, 0.05) is 25.7 Å². The van der Waals surface area contributed by atoms with E-state index in [1.807, 2.05) is 19.1 Å². The van der Waals surface area contributed by atoms with Crippen LogP contribution in [-0.2, 0) is 0 Å². The van der Waals surface area contributed by atoms with E-state index in [-0.39, 0.29) is 5.82 Å². The normalized spacial score (nSPS) is 20.6. The second kappa shape index (κ2) is 5.50. The molecule has 1 N–H and O–H groups in total. The summed E-state index contributed by atoms with van der Waals surface area (Å²) in [7, 11) is 0. The van der Waals surface area contributed by atoms with Gasteiger partial charge in [0.2, 0.25) is 0 Å². The summed E-state index contributed by atoms with van der Waals surface area (Å²) in [5, 5.41) is 3.49. The number of benzene rings is 1. The Morgan fingerprint density at radius 2 is 2.29 bits per heavy atom. The molecule has 0 aromatic heterocycles. The number of piperazine rings is 1. The lowest BCUT2D eigenvalue weighted by Gasteiger charge is -2.35. The van der Waals surface area contributed by atoms with Crippen molar-refractivity contribution in [2.24, 2.45) is 0 Å². The quantitative estimate of drug-likeness (QED) is 0.868. The van der Waals surface area contributed by atoms with Gasteiger partial charge in [-0.1, -0.05) is 19.4 Å². The molecule has 94 valence electrons. The zero-order valence-corrected chi connectivity index (χ0v) is 10.7. The van der Waals surface area contributed by atoms with Crippen molar-refractivity contribution >= 4 is 5.69 Å². The number of nitrogens with one attached hydrogen (secondary N) is 1. The lowest BCUT2D eigenvalue weighted by atomic mass is 10.1. The van der Waals surface area contributed by atoms with Crippen molar-refractivity contribution in [3.63, 3.8) is 0 Å². The van der Waals surface area contributed by atoms with Crippen molar-refractivity contribution in [2.45, 2.75) is 32.7 Å². The van der Waals surface area contributed by atoms with Gasteiger partial charge >= 0.3 is 0 Å². The van der Waals surface area contributed by atoms with E-state index in [1.54, 1.807) is 6.07 Å². The predicted octanol–water partition coefficient (Wildman–Crippen LogP) is 2.71. The van der Waals surface area contributed by atoms with Gasteiger partial charge in [-0.2, -0.15) is 0 Å². The molecule has 1 heterocycles. The molecule has 2 rings (SSSR count). The van der Waals surface area contributed by atoms with Crippen molar-refractivity contribution in [3.8, 4) is 0 Å². The maximum absolute atomic E-state index is 13.9. The van der Waals surface area contributed by atoms with Gasteiger partial charge in [0.05, 0.1) is 5.69 Å². The van der Waals surface area contributed by atoms with Gasteiger partial charge in [0.25, 0.3) is 0 Å². The van der Waals surface area contributed by atoms with Crippen LogP contribution in [0.15, 0.2) is 18.2 Å². The molecule has 0 aliphatic carbocycles. The van der Waals surface area contributed by atoms with Crippen LogP contribution in [0.1, 0.15) is 25.3 Å². The third-order valence-corrected chi connectivity index (χ3v) is 3.34. The second-order valence-electron chi connectivity index (χ2n) is 4.84. The van der Waals surface area contributed by atoms with Crippen LogP contribution in [0.4, 0.5) is 10.1 Å². The first-order valence-corrected chi connectivity index (χ1v) is 6.45. The summed E-state index contributed by atoms with van der Waals surface area (Å²) >= 11 is 0. The topological polar surface area (TPSA) is 15.3 Å². The lowest BCUT2D eigenvalue weighted by Crippen LogP contribution is -2.50. The average Bonchev–Trinajstić information content (AvgIpc) is 2.29. The first-order valence-electron chi connectivity index (χ1n) is 6.45. The van der Waals surface area contributed by atoms with Crippen molar-refractivity contribution < 1.29 is 4.39 Å². The predicted molar refractivity (Wildman–Crippen MR) is 70.0 cm³/mol. The Bertz CT molecular complexity index is 376. The molecule has 3 heteroatoms. The van der Waals surface area contributed by atoms with Gasteiger partial charge in [-0.25, -0.2) is 4.39 Å². The lowest BCUT2D eigenvalue weighted by molar-refractivity contribution is 0.427. The fraction of sp³-hybridized carbons (Fsp3) is 0.571. The van der Waals surface area contributed by atoms with Gasteiger partial charge < -0.3 is 10.2 Å². The van der Waals surface area contributed by atoms with E-state index >= 15 is 0 Å². The highest BCUT2D eigenvalue weighted by molar-refractivity contribution is 5.49. The molecule has 1 unspecified atom stereocenters. The van der Waals surface area contributed by atoms with Crippen molar-refractivity contribution in [3.05, 3.63) is 29.6 Å². The summed E-state index contributed by atoms with van der Waals surface area (Å²) in [6, 6.07) is 6.00. The minimum absolute atomic E-state index is 0.0952. The van der Waals surface area contributed by atoms with Gasteiger partial charge in [0.15, 0.2) is 0 Å². The van der Waals surface area contributed by atoms with Crippen LogP contribution in [-0.4, -0.2) is 25.7 Å². The fourth-order valence-corrected chi connectivity index (χ4v) is 2.45. The molecule has 1 atom stereocenters. The smallest absolute Gasteiger partial charge is 0.146 e. The Balaban J connectivity index is 2.10. The van der Waals surface area contributed by atoms with Crippen LogP contribution in [0, 0.1) is 12.7 Å². The SMILES string of the molecule is CCCC1CN(c2ccc(C)cc2F)CCN1. The van der Waals surface area contributed by atoms with Crippen LogP contribution in [0.3, 0.4) is 0 Å². The number of nitrogens with zero attached hydrogens (tertiary/aromatic N) is 1. The van der Waals surface area contributed by atoms with Crippen LogP contribution in [0.25, 0.3) is 0 Å². The molecule has 0 spiro atoms. The number of halogens is 1. The summed E-state index contributed by atoms with van der Waals surface area (Å²) in [5.74, 6) is -0.0952. The summed E-state index contributed by atoms with van der Waals surface area (Å²) < 4.78 is 13.9. The van der Waals surface area contributed by atoms with Crippen LogP contribution >= 0.6 is 0 Å². The van der Waals surface area contributed by atoms with Crippen molar-refractivity contribution in [2.75, 3.05) is 24.5 Å². The summed E-state index contributed by atoms with van der Waals surface area (Å²) in [4.78, 5) is 2.16. The first-order chi connectivity index (χ1) is 8.20. The Kier molecular flexibility index (Phi) is 4.00. The first kappa shape index (κ1) is 12.4. The third-order valence-electron chi connectivity index (χ3n) is 3.34. The molecule has 1 aromatic rings. The summed E-state index contributed by atoms with van der Waals surface area (Å²) in [6.07, 6.45) is 2.33. The van der Waals surface area contributed by atoms with Gasteiger partial charge in [-0.3, -0.25) is 0 Å². The van der Waals surface area contributed by atoms with E-state index in [4.69, 9.17) is 0 Å². The van der Waals surface area contributed by atoms with Gasteiger partial charge in [-0.05, 0) is 31.0 Å². The molecule has 1 aromatic carbocycles. The number of hydrogen-bond acceptors (Lipinski definition) is 2. The highest BCUT2D eigenvalue weighted by Gasteiger charge is 2.20. The van der Waals surface area contributed by atoms with E-state index in [2.05, 4.69) is 17.1 Å². The van der Waals surface area contributed by atoms with Crippen LogP contribution < -0.4 is 10.2 Å². The molecule has 1 saturated heterocycles. The molecule has 0 radical (unpaired) electrons. The van der Waals surface area contributed by atoms with E-state index in [0.717, 1.165) is 37.3 Å². The molecular weight excluding hydrogens is 215 g/mol. The summed E-state index contributed by atoms with van der Waals surface area (Å²) in [6.45, 7) is 6.85. The van der Waals surface area contributed by atoms with Gasteiger partial charge in [-0.15, -0.1) is 0 Å². The highest BCUT2D eigenvalue weighted by Crippen LogP contribution is 2.22. The highest BCUT2D eigenvalue weighted by atomic mass is 19.1. The van der Waals surface area contributed by atoms with Crippen LogP contribution in [0.5, 0.6) is 0 Å². The molecule has 1 aliphatic rings. The maximum Gasteiger partial charge on any atom is 0.146 e. The van der Waals surface area contributed by atoms with E-state index in [1.165, 1.54) is 6.42 Å². The largest absolute Gasteiger partial charge is 0.366 e. The molecule has 1 aliphatic heterocycles. The third kappa shape index (κ3) is 2.97. The number of aryl methyl sites for hydroxylation is 1. The molecule has 0 bridgehead atoms. The summed E-state index contributed by atoms with van der Waals surface area (Å²) in [5.41, 5.74) is 1.73. The minimum Gasteiger partial charge on any atom is -0.366 e. The molecule has 2 nitrogen and oxygen atoms in total. The molecule has 17 heavy (non-hydrogen) atoms. The van der Waals surface area contributed by atoms with Crippen LogP contribution in [0.2, 0.25) is 0 Å². The zero-order chi connectivity index (χ0) is 12.3. The standard InChI is InChI=1S/C14H21FN2/c1-3-4-12-10-17(8-7-16-12)14-6-5-11(2)9-13(14)15/h5-6,9,12,16H,3-4,7-8,10H2,1-2H3. The Morgan fingerprint density at radius 1 is 1.47 bits per heavy atom. The van der Waals surface area contributed by atoms with E-state index in [9.17, 15) is 4.39 Å². The molecule has 0 amide bonds. The number of hydrogen-bond donors (Lipinski definition) is 1. The fourth-order valence-electron chi connectivity index (χ4n) is 2.45. The molecule has 0 saturated carbocycles. The maximum atomic E-state index is 13.9.